The maximum absolute atomic E-state index is 12.6. The van der Waals surface area contributed by atoms with E-state index in [-0.39, 0.29) is 17.0 Å². The summed E-state index contributed by atoms with van der Waals surface area (Å²) in [5.41, 5.74) is -0.174. The number of nitrogens with one attached hydrogen (secondary N) is 2. The molecule has 2 N–H and O–H groups in total. The van der Waals surface area contributed by atoms with Gasteiger partial charge in [-0.2, -0.15) is 0 Å². The molecule has 0 saturated carbocycles. The summed E-state index contributed by atoms with van der Waals surface area (Å²) in [4.78, 5) is 12.2. The van der Waals surface area contributed by atoms with Gasteiger partial charge in [-0.3, -0.25) is 4.79 Å². The molecular formula is C19H21F3N2O4S. The SMILES string of the molecule is CC(C)(C)NS(=O)(=O)c1ccccc1NC(=O)Cc1ccc(OC(F)(F)F)cc1. The predicted molar refractivity (Wildman–Crippen MR) is 102 cm³/mol. The van der Waals surface area contributed by atoms with Crippen LogP contribution in [0.4, 0.5) is 18.9 Å². The Morgan fingerprint density at radius 2 is 1.59 bits per heavy atom. The van der Waals surface area contributed by atoms with Gasteiger partial charge in [0.15, 0.2) is 0 Å². The average molecular weight is 430 g/mol. The fraction of sp³-hybridized carbons (Fsp3) is 0.316. The highest BCUT2D eigenvalue weighted by atomic mass is 32.2. The zero-order chi connectivity index (χ0) is 21.9. The number of sulfonamides is 1. The summed E-state index contributed by atoms with van der Waals surface area (Å²) >= 11 is 0. The Bertz CT molecular complexity index is 966. The first-order chi connectivity index (χ1) is 13.3. The lowest BCUT2D eigenvalue weighted by molar-refractivity contribution is -0.274. The van der Waals surface area contributed by atoms with Gasteiger partial charge in [0.25, 0.3) is 0 Å². The zero-order valence-corrected chi connectivity index (χ0v) is 16.8. The fourth-order valence-corrected chi connectivity index (χ4v) is 4.03. The minimum atomic E-state index is -4.80. The van der Waals surface area contributed by atoms with E-state index in [1.807, 2.05) is 0 Å². The van der Waals surface area contributed by atoms with Gasteiger partial charge in [0.1, 0.15) is 10.6 Å². The van der Waals surface area contributed by atoms with Crippen LogP contribution < -0.4 is 14.8 Å². The Kier molecular flexibility index (Phi) is 6.59. The lowest BCUT2D eigenvalue weighted by Gasteiger charge is -2.21. The predicted octanol–water partition coefficient (Wildman–Crippen LogP) is 3.84. The summed E-state index contributed by atoms with van der Waals surface area (Å²) in [5.74, 6) is -0.917. The Morgan fingerprint density at radius 3 is 2.14 bits per heavy atom. The maximum atomic E-state index is 12.6. The van der Waals surface area contributed by atoms with Gasteiger partial charge in [0, 0.05) is 5.54 Å². The number of hydrogen-bond acceptors (Lipinski definition) is 4. The van der Waals surface area contributed by atoms with Gasteiger partial charge in [0.05, 0.1) is 12.1 Å². The average Bonchev–Trinajstić information content (AvgIpc) is 2.53. The van der Waals surface area contributed by atoms with Crippen LogP contribution in [0.15, 0.2) is 53.4 Å². The molecule has 29 heavy (non-hydrogen) atoms. The van der Waals surface area contributed by atoms with Crippen molar-refractivity contribution in [3.63, 3.8) is 0 Å². The maximum Gasteiger partial charge on any atom is 0.573 e. The van der Waals surface area contributed by atoms with Crippen molar-refractivity contribution in [1.82, 2.24) is 4.72 Å². The number of ether oxygens (including phenoxy) is 1. The van der Waals surface area contributed by atoms with Crippen molar-refractivity contribution in [2.24, 2.45) is 0 Å². The van der Waals surface area contributed by atoms with Crippen molar-refractivity contribution in [2.75, 3.05) is 5.32 Å². The molecule has 0 heterocycles. The number of benzene rings is 2. The highest BCUT2D eigenvalue weighted by Gasteiger charge is 2.31. The van der Waals surface area contributed by atoms with E-state index in [2.05, 4.69) is 14.8 Å². The summed E-state index contributed by atoms with van der Waals surface area (Å²) < 4.78 is 68.0. The number of carbonyl (C=O) groups excluding carboxylic acids is 1. The van der Waals surface area contributed by atoms with E-state index >= 15 is 0 Å². The normalized spacial score (nSPS) is 12.5. The van der Waals surface area contributed by atoms with Crippen LogP contribution in [0.2, 0.25) is 0 Å². The van der Waals surface area contributed by atoms with Crippen LogP contribution in [0, 0.1) is 0 Å². The monoisotopic (exact) mass is 430 g/mol. The third-order valence-electron chi connectivity index (χ3n) is 3.41. The third kappa shape index (κ3) is 7.39. The Labute approximate surface area is 167 Å². The molecule has 0 aliphatic rings. The standard InChI is InChI=1S/C19H21F3N2O4S/c1-18(2,3)24-29(26,27)16-7-5-4-6-15(16)23-17(25)12-13-8-10-14(11-9-13)28-19(20,21)22/h4-11,24H,12H2,1-3H3,(H,23,25). The van der Waals surface area contributed by atoms with E-state index in [0.717, 1.165) is 12.1 Å². The van der Waals surface area contributed by atoms with Crippen LogP contribution in [-0.2, 0) is 21.2 Å². The molecule has 6 nitrogen and oxygen atoms in total. The summed E-state index contributed by atoms with van der Waals surface area (Å²) in [6.07, 6.45) is -4.96. The Hall–Kier alpha value is -2.59. The van der Waals surface area contributed by atoms with E-state index < -0.39 is 33.6 Å². The van der Waals surface area contributed by atoms with Crippen molar-refractivity contribution < 1.29 is 31.1 Å². The molecule has 2 aromatic carbocycles. The minimum absolute atomic E-state index is 0.0859. The number of hydrogen-bond donors (Lipinski definition) is 2. The lowest BCUT2D eigenvalue weighted by atomic mass is 10.1. The first-order valence-electron chi connectivity index (χ1n) is 8.53. The van der Waals surface area contributed by atoms with Gasteiger partial charge in [-0.05, 0) is 50.6 Å². The molecule has 0 atom stereocenters. The molecule has 0 unspecified atom stereocenters. The highest BCUT2D eigenvalue weighted by molar-refractivity contribution is 7.89. The third-order valence-corrected chi connectivity index (χ3v) is 5.23. The second kappa shape index (κ2) is 8.42. The molecule has 0 saturated heterocycles. The van der Waals surface area contributed by atoms with E-state index in [4.69, 9.17) is 0 Å². The van der Waals surface area contributed by atoms with Gasteiger partial charge >= 0.3 is 6.36 Å². The highest BCUT2D eigenvalue weighted by Crippen LogP contribution is 2.24. The molecule has 0 spiro atoms. The molecule has 158 valence electrons. The molecule has 0 fully saturated rings. The van der Waals surface area contributed by atoms with Crippen LogP contribution in [-0.4, -0.2) is 26.2 Å². The summed E-state index contributed by atoms with van der Waals surface area (Å²) in [5, 5.41) is 2.53. The molecular weight excluding hydrogens is 409 g/mol. The smallest absolute Gasteiger partial charge is 0.406 e. The lowest BCUT2D eigenvalue weighted by Crippen LogP contribution is -2.40. The van der Waals surface area contributed by atoms with Gasteiger partial charge in [0.2, 0.25) is 15.9 Å². The first-order valence-corrected chi connectivity index (χ1v) is 10.0. The minimum Gasteiger partial charge on any atom is -0.406 e. The molecule has 1 amide bonds. The van der Waals surface area contributed by atoms with Gasteiger partial charge in [-0.15, -0.1) is 13.2 Å². The summed E-state index contributed by atoms with van der Waals surface area (Å²) in [6, 6.07) is 10.8. The van der Waals surface area contributed by atoms with Crippen molar-refractivity contribution in [3.8, 4) is 5.75 Å². The molecule has 0 bridgehead atoms. The molecule has 10 heteroatoms. The van der Waals surface area contributed by atoms with Crippen LogP contribution in [0.3, 0.4) is 0 Å². The van der Waals surface area contributed by atoms with Crippen molar-refractivity contribution in [2.45, 2.75) is 44.0 Å². The van der Waals surface area contributed by atoms with Crippen LogP contribution >= 0.6 is 0 Å². The van der Waals surface area contributed by atoms with Crippen LogP contribution in [0.1, 0.15) is 26.3 Å². The molecule has 2 aromatic rings. The second-order valence-corrected chi connectivity index (χ2v) is 8.92. The number of anilines is 1. The fourth-order valence-electron chi connectivity index (χ4n) is 2.45. The quantitative estimate of drug-likeness (QED) is 0.729. The van der Waals surface area contributed by atoms with Gasteiger partial charge in [-0.1, -0.05) is 24.3 Å². The van der Waals surface area contributed by atoms with Gasteiger partial charge in [-0.25, -0.2) is 13.1 Å². The van der Waals surface area contributed by atoms with E-state index in [1.54, 1.807) is 26.8 Å². The Balaban J connectivity index is 2.12. The van der Waals surface area contributed by atoms with Crippen molar-refractivity contribution in [3.05, 3.63) is 54.1 Å². The number of amides is 1. The summed E-state index contributed by atoms with van der Waals surface area (Å²) in [7, 11) is -3.88. The summed E-state index contributed by atoms with van der Waals surface area (Å²) in [6.45, 7) is 5.08. The molecule has 2 rings (SSSR count). The molecule has 0 radical (unpaired) electrons. The van der Waals surface area contributed by atoms with E-state index in [1.165, 1.54) is 30.3 Å². The first kappa shape index (κ1) is 22.7. The Morgan fingerprint density at radius 1 is 1.00 bits per heavy atom. The van der Waals surface area contributed by atoms with Crippen LogP contribution in [0.5, 0.6) is 5.75 Å². The van der Waals surface area contributed by atoms with Crippen LogP contribution in [0.25, 0.3) is 0 Å². The topological polar surface area (TPSA) is 84.5 Å². The van der Waals surface area contributed by atoms with E-state index in [0.29, 0.717) is 5.56 Å². The number of alkyl halides is 3. The number of para-hydroxylation sites is 1. The van der Waals surface area contributed by atoms with Crippen molar-refractivity contribution >= 4 is 21.6 Å². The molecule has 0 aliphatic carbocycles. The van der Waals surface area contributed by atoms with E-state index in [9.17, 15) is 26.4 Å². The largest absolute Gasteiger partial charge is 0.573 e. The molecule has 0 aliphatic heterocycles. The zero-order valence-electron chi connectivity index (χ0n) is 16.0. The number of carbonyl (C=O) groups is 1. The number of rotatable bonds is 6. The van der Waals surface area contributed by atoms with Crippen molar-refractivity contribution in [1.29, 1.82) is 0 Å². The number of halogens is 3. The molecule has 0 aromatic heterocycles. The van der Waals surface area contributed by atoms with Gasteiger partial charge < -0.3 is 10.1 Å². The second-order valence-electron chi connectivity index (χ2n) is 7.27.